The minimum Gasteiger partial charge on any atom is -0.378 e. The molecule has 0 amide bonds. The highest BCUT2D eigenvalue weighted by Crippen LogP contribution is 1.94. The molecule has 0 spiro atoms. The Morgan fingerprint density at radius 1 is 1.44 bits per heavy atom. The molecular weight excluding hydrogens is 110 g/mol. The molecular formula is C8H13N. The van der Waals surface area contributed by atoms with Crippen molar-refractivity contribution in [2.24, 2.45) is 0 Å². The molecule has 0 saturated carbocycles. The summed E-state index contributed by atoms with van der Waals surface area (Å²) in [6.07, 6.45) is 5.50. The van der Waals surface area contributed by atoms with Gasteiger partial charge in [0.2, 0.25) is 0 Å². The van der Waals surface area contributed by atoms with E-state index in [9.17, 15) is 0 Å². The molecule has 0 saturated heterocycles. The highest BCUT2D eigenvalue weighted by Gasteiger charge is 1.85. The third kappa shape index (κ3) is 3.59. The van der Waals surface area contributed by atoms with Crippen molar-refractivity contribution in [3.05, 3.63) is 37.1 Å². The second kappa shape index (κ2) is 3.96. The minimum absolute atomic E-state index is 0.981. The molecule has 0 bridgehead atoms. The minimum atomic E-state index is 0.981. The van der Waals surface area contributed by atoms with Gasteiger partial charge in [-0.25, -0.2) is 0 Å². The summed E-state index contributed by atoms with van der Waals surface area (Å²) in [4.78, 5) is 1.94. The Balaban J connectivity index is 3.76. The Bertz CT molecular complexity index is 132. The monoisotopic (exact) mass is 123 g/mol. The molecule has 1 heteroatoms. The van der Waals surface area contributed by atoms with Gasteiger partial charge in [0.25, 0.3) is 0 Å². The van der Waals surface area contributed by atoms with E-state index in [-0.39, 0.29) is 0 Å². The van der Waals surface area contributed by atoms with Crippen molar-refractivity contribution in [2.45, 2.75) is 0 Å². The summed E-state index contributed by atoms with van der Waals surface area (Å²) in [5.74, 6) is 0. The summed E-state index contributed by atoms with van der Waals surface area (Å²) in [5, 5.41) is 0. The van der Waals surface area contributed by atoms with Crippen LogP contribution >= 0.6 is 0 Å². The van der Waals surface area contributed by atoms with E-state index in [1.807, 2.05) is 31.1 Å². The van der Waals surface area contributed by atoms with Crippen LogP contribution in [-0.4, -0.2) is 19.0 Å². The summed E-state index contributed by atoms with van der Waals surface area (Å²) in [7, 11) is 3.91. The van der Waals surface area contributed by atoms with Crippen molar-refractivity contribution >= 4 is 0 Å². The van der Waals surface area contributed by atoms with Crippen molar-refractivity contribution < 1.29 is 0 Å². The van der Waals surface area contributed by atoms with Crippen LogP contribution in [0.25, 0.3) is 0 Å². The van der Waals surface area contributed by atoms with E-state index in [2.05, 4.69) is 13.2 Å². The molecule has 0 aliphatic carbocycles. The van der Waals surface area contributed by atoms with Gasteiger partial charge in [-0.3, -0.25) is 0 Å². The topological polar surface area (TPSA) is 3.24 Å². The van der Waals surface area contributed by atoms with Gasteiger partial charge in [0.1, 0.15) is 0 Å². The van der Waals surface area contributed by atoms with Crippen LogP contribution in [0, 0.1) is 0 Å². The first-order chi connectivity index (χ1) is 4.18. The lowest BCUT2D eigenvalue weighted by atomic mass is 10.4. The molecule has 9 heavy (non-hydrogen) atoms. The molecule has 0 fully saturated rings. The van der Waals surface area contributed by atoms with Gasteiger partial charge in [-0.2, -0.15) is 0 Å². The number of likely N-dealkylation sites (N-methyl/N-ethyl adjacent to an activating group) is 1. The van der Waals surface area contributed by atoms with Gasteiger partial charge in [0.05, 0.1) is 0 Å². The number of hydrogen-bond donors (Lipinski definition) is 0. The standard InChI is InChI=1S/C8H13N/c1-5-6-7-8(2)9(3)4/h5-7H,1-2H2,3-4H3/b7-6-. The van der Waals surface area contributed by atoms with Gasteiger partial charge >= 0.3 is 0 Å². The van der Waals surface area contributed by atoms with Crippen molar-refractivity contribution in [3.8, 4) is 0 Å². The zero-order valence-corrected chi connectivity index (χ0v) is 6.09. The summed E-state index contributed by atoms with van der Waals surface area (Å²) in [5.41, 5.74) is 0.981. The molecule has 0 rings (SSSR count). The van der Waals surface area contributed by atoms with Crippen LogP contribution in [0.4, 0.5) is 0 Å². The third-order valence-electron chi connectivity index (χ3n) is 0.999. The lowest BCUT2D eigenvalue weighted by Gasteiger charge is -2.10. The zero-order chi connectivity index (χ0) is 7.28. The maximum atomic E-state index is 3.78. The van der Waals surface area contributed by atoms with Crippen LogP contribution in [0.2, 0.25) is 0 Å². The molecule has 0 aliphatic heterocycles. The predicted molar refractivity (Wildman–Crippen MR) is 42.2 cm³/mol. The molecule has 1 nitrogen and oxygen atoms in total. The highest BCUT2D eigenvalue weighted by atomic mass is 15.1. The van der Waals surface area contributed by atoms with E-state index in [4.69, 9.17) is 0 Å². The van der Waals surface area contributed by atoms with Crippen molar-refractivity contribution in [3.63, 3.8) is 0 Å². The molecule has 0 atom stereocenters. The molecule has 0 radical (unpaired) electrons. The highest BCUT2D eigenvalue weighted by molar-refractivity contribution is 5.16. The van der Waals surface area contributed by atoms with E-state index >= 15 is 0 Å². The number of rotatable bonds is 3. The van der Waals surface area contributed by atoms with E-state index in [1.54, 1.807) is 6.08 Å². The SMILES string of the molecule is C=C/C=C\C(=C)N(C)C. The molecule has 0 heterocycles. The van der Waals surface area contributed by atoms with Gasteiger partial charge in [0, 0.05) is 19.8 Å². The van der Waals surface area contributed by atoms with Gasteiger partial charge in [0.15, 0.2) is 0 Å². The largest absolute Gasteiger partial charge is 0.378 e. The second-order valence-corrected chi connectivity index (χ2v) is 1.98. The predicted octanol–water partition coefficient (Wildman–Crippen LogP) is 1.80. The van der Waals surface area contributed by atoms with Gasteiger partial charge in [-0.15, -0.1) is 0 Å². The van der Waals surface area contributed by atoms with Crippen LogP contribution < -0.4 is 0 Å². The van der Waals surface area contributed by atoms with E-state index in [1.165, 1.54) is 0 Å². The first-order valence-electron chi connectivity index (χ1n) is 2.84. The molecule has 50 valence electrons. The summed E-state index contributed by atoms with van der Waals surface area (Å²) in [6, 6.07) is 0. The Morgan fingerprint density at radius 2 is 2.00 bits per heavy atom. The lowest BCUT2D eigenvalue weighted by Crippen LogP contribution is -2.07. The quantitative estimate of drug-likeness (QED) is 0.517. The molecule has 0 aromatic carbocycles. The Kier molecular flexibility index (Phi) is 3.52. The van der Waals surface area contributed by atoms with Crippen LogP contribution in [0.5, 0.6) is 0 Å². The fourth-order valence-corrected chi connectivity index (χ4v) is 0.328. The van der Waals surface area contributed by atoms with Gasteiger partial charge < -0.3 is 4.90 Å². The lowest BCUT2D eigenvalue weighted by molar-refractivity contribution is 0.532. The number of nitrogens with zero attached hydrogens (tertiary/aromatic N) is 1. The van der Waals surface area contributed by atoms with Crippen molar-refractivity contribution in [2.75, 3.05) is 14.1 Å². The van der Waals surface area contributed by atoms with Crippen LogP contribution in [-0.2, 0) is 0 Å². The number of allylic oxidation sites excluding steroid dienone is 3. The first-order valence-corrected chi connectivity index (χ1v) is 2.84. The summed E-state index contributed by atoms with van der Waals surface area (Å²) >= 11 is 0. The third-order valence-corrected chi connectivity index (χ3v) is 0.999. The summed E-state index contributed by atoms with van der Waals surface area (Å²) < 4.78 is 0. The Labute approximate surface area is 57.0 Å². The average Bonchev–Trinajstić information content (AvgIpc) is 1.82. The fourth-order valence-electron chi connectivity index (χ4n) is 0.328. The molecule has 0 N–H and O–H groups in total. The molecule has 0 aromatic heterocycles. The smallest absolute Gasteiger partial charge is 0.0287 e. The average molecular weight is 123 g/mol. The van der Waals surface area contributed by atoms with E-state index < -0.39 is 0 Å². The van der Waals surface area contributed by atoms with E-state index in [0.29, 0.717) is 0 Å². The van der Waals surface area contributed by atoms with Crippen LogP contribution in [0.3, 0.4) is 0 Å². The van der Waals surface area contributed by atoms with Crippen molar-refractivity contribution in [1.29, 1.82) is 0 Å². The first kappa shape index (κ1) is 8.02. The zero-order valence-electron chi connectivity index (χ0n) is 6.09. The van der Waals surface area contributed by atoms with Crippen LogP contribution in [0.1, 0.15) is 0 Å². The number of hydrogen-bond acceptors (Lipinski definition) is 1. The Hall–Kier alpha value is -0.980. The molecule has 0 aliphatic rings. The van der Waals surface area contributed by atoms with Crippen molar-refractivity contribution in [1.82, 2.24) is 4.90 Å². The summed E-state index contributed by atoms with van der Waals surface area (Å²) in [6.45, 7) is 7.33. The maximum absolute atomic E-state index is 3.78. The normalized spacial score (nSPS) is 9.56. The van der Waals surface area contributed by atoms with Crippen LogP contribution in [0.15, 0.2) is 37.1 Å². The van der Waals surface area contributed by atoms with Gasteiger partial charge in [-0.1, -0.05) is 25.3 Å². The second-order valence-electron chi connectivity index (χ2n) is 1.98. The Morgan fingerprint density at radius 3 is 2.33 bits per heavy atom. The fraction of sp³-hybridized carbons (Fsp3) is 0.250. The van der Waals surface area contributed by atoms with E-state index in [0.717, 1.165) is 5.70 Å². The maximum Gasteiger partial charge on any atom is 0.0287 e. The van der Waals surface area contributed by atoms with Gasteiger partial charge in [-0.05, 0) is 6.08 Å². The molecule has 0 unspecified atom stereocenters. The molecule has 0 aromatic rings.